The topological polar surface area (TPSA) is 33.7 Å². The summed E-state index contributed by atoms with van der Waals surface area (Å²) in [5.74, 6) is 0. The van der Waals surface area contributed by atoms with Crippen molar-refractivity contribution in [1.82, 2.24) is 5.32 Å². The van der Waals surface area contributed by atoms with Gasteiger partial charge in [-0.2, -0.15) is 11.3 Å². The number of hydrogen-bond donors (Lipinski definition) is 1. The number of rotatable bonds is 2. The number of piperazine rings is 1. The molecule has 0 radical (unpaired) electrons. The van der Waals surface area contributed by atoms with Crippen LogP contribution in [0.2, 0.25) is 0 Å². The highest BCUT2D eigenvalue weighted by atomic mass is 32.1. The second-order valence-corrected chi connectivity index (χ2v) is 7.48. The van der Waals surface area contributed by atoms with Gasteiger partial charge in [0.2, 0.25) is 0 Å². The number of nitrogens with zero attached hydrogens (tertiary/aromatic N) is 1. The Kier molecular flexibility index (Phi) is 5.59. The maximum Gasteiger partial charge on any atom is 0.505 e. The van der Waals surface area contributed by atoms with Gasteiger partial charge in [-0.05, 0) is 33.8 Å². The summed E-state index contributed by atoms with van der Waals surface area (Å²) in [5.41, 5.74) is 0.759. The zero-order valence-corrected chi connectivity index (χ0v) is 15.5. The van der Waals surface area contributed by atoms with Crippen LogP contribution in [-0.4, -0.2) is 44.5 Å². The Morgan fingerprint density at radius 3 is 2.18 bits per heavy atom. The van der Waals surface area contributed by atoms with Crippen molar-refractivity contribution in [1.29, 1.82) is 0 Å². The normalized spacial score (nSPS) is 23.2. The van der Waals surface area contributed by atoms with E-state index in [2.05, 4.69) is 49.4 Å². The van der Waals surface area contributed by atoms with Gasteiger partial charge in [-0.25, -0.2) is 0 Å². The van der Waals surface area contributed by atoms with Gasteiger partial charge in [0.15, 0.2) is 0 Å². The van der Waals surface area contributed by atoms with Crippen molar-refractivity contribution < 1.29 is 9.31 Å². The van der Waals surface area contributed by atoms with E-state index in [0.29, 0.717) is 0 Å². The zero-order valence-electron chi connectivity index (χ0n) is 14.7. The first-order valence-corrected chi connectivity index (χ1v) is 9.17. The van der Waals surface area contributed by atoms with Gasteiger partial charge in [0.25, 0.3) is 0 Å². The first-order chi connectivity index (χ1) is 10.4. The van der Waals surface area contributed by atoms with Crippen LogP contribution >= 0.6 is 11.3 Å². The van der Waals surface area contributed by atoms with Gasteiger partial charge in [-0.1, -0.05) is 13.8 Å². The molecule has 1 N–H and O–H groups in total. The summed E-state index contributed by atoms with van der Waals surface area (Å²) >= 11 is 1.73. The van der Waals surface area contributed by atoms with E-state index in [-0.39, 0.29) is 18.3 Å². The summed E-state index contributed by atoms with van der Waals surface area (Å²) < 4.78 is 13.4. The average Bonchev–Trinajstić information content (AvgIpc) is 3.06. The van der Waals surface area contributed by atoms with Gasteiger partial charge in [0, 0.05) is 42.0 Å². The van der Waals surface area contributed by atoms with E-state index >= 15 is 0 Å². The molecule has 1 aromatic heterocycles. The molecule has 3 rings (SSSR count). The second kappa shape index (κ2) is 6.91. The first kappa shape index (κ1) is 17.8. The highest BCUT2D eigenvalue weighted by Gasteiger charge is 2.52. The first-order valence-electron chi connectivity index (χ1n) is 8.29. The maximum absolute atomic E-state index is 6.11. The van der Waals surface area contributed by atoms with E-state index in [9.17, 15) is 0 Å². The summed E-state index contributed by atoms with van der Waals surface area (Å²) in [5, 5.41) is 5.59. The monoisotopic (exact) mass is 324 g/mol. The molecule has 0 bridgehead atoms. The fourth-order valence-electron chi connectivity index (χ4n) is 2.51. The summed E-state index contributed by atoms with van der Waals surface area (Å²) in [7, 11) is -0.235. The van der Waals surface area contributed by atoms with Crippen LogP contribution < -0.4 is 15.0 Å². The number of nitrogens with one attached hydrogen (secondary N) is 1. The summed E-state index contributed by atoms with van der Waals surface area (Å²) in [4.78, 5) is 2.42. The summed E-state index contributed by atoms with van der Waals surface area (Å²) in [6.45, 7) is 16.6. The van der Waals surface area contributed by atoms with Crippen molar-refractivity contribution >= 4 is 28.9 Å². The minimum absolute atomic E-state index is 0.235. The molecule has 0 unspecified atom stereocenters. The molecule has 0 amide bonds. The molecule has 6 heteroatoms. The van der Waals surface area contributed by atoms with Crippen LogP contribution in [0.3, 0.4) is 0 Å². The van der Waals surface area contributed by atoms with E-state index in [1.807, 2.05) is 13.8 Å². The second-order valence-electron chi connectivity index (χ2n) is 6.53. The van der Waals surface area contributed by atoms with Crippen LogP contribution in [0.25, 0.3) is 0 Å². The van der Waals surface area contributed by atoms with Crippen LogP contribution in [0.4, 0.5) is 5.69 Å². The molecular formula is C16H29BN2O2S. The van der Waals surface area contributed by atoms with Crippen molar-refractivity contribution in [3.05, 3.63) is 11.4 Å². The number of thiophene rings is 1. The van der Waals surface area contributed by atoms with Crippen molar-refractivity contribution in [3.63, 3.8) is 0 Å². The lowest BCUT2D eigenvalue weighted by atomic mass is 9.88. The molecule has 0 aliphatic carbocycles. The predicted octanol–water partition coefficient (Wildman–Crippen LogP) is 2.48. The van der Waals surface area contributed by atoms with Crippen LogP contribution in [0.5, 0.6) is 0 Å². The molecule has 0 aromatic carbocycles. The fourth-order valence-corrected chi connectivity index (χ4v) is 3.38. The third-order valence-electron chi connectivity index (χ3n) is 4.57. The molecule has 2 aliphatic rings. The molecule has 4 nitrogen and oxygen atoms in total. The van der Waals surface area contributed by atoms with Gasteiger partial charge in [0.1, 0.15) is 0 Å². The van der Waals surface area contributed by atoms with Crippen molar-refractivity contribution in [2.45, 2.75) is 52.7 Å². The largest absolute Gasteiger partial charge is 0.505 e. The van der Waals surface area contributed by atoms with Crippen molar-refractivity contribution in [3.8, 4) is 0 Å². The van der Waals surface area contributed by atoms with E-state index in [1.54, 1.807) is 11.3 Å². The van der Waals surface area contributed by atoms with Crippen LogP contribution in [-0.2, 0) is 9.31 Å². The number of hydrogen-bond acceptors (Lipinski definition) is 5. The molecule has 124 valence electrons. The Hall–Kier alpha value is -0.555. The minimum Gasteiger partial charge on any atom is -0.399 e. The predicted molar refractivity (Wildman–Crippen MR) is 96.5 cm³/mol. The molecule has 2 saturated heterocycles. The Balaban J connectivity index is 0.000000847. The van der Waals surface area contributed by atoms with Crippen LogP contribution in [0, 0.1) is 0 Å². The standard InChI is InChI=1S/C14H23BN2O2S.C2H6/c1-13(2)14(3,4)19-15(18-13)12-9-11(10-20-12)17-7-5-16-6-8-17;1-2/h9-10,16H,5-8H2,1-4H3;1-2H3. The lowest BCUT2D eigenvalue weighted by Gasteiger charge is -2.32. The number of anilines is 1. The third-order valence-corrected chi connectivity index (χ3v) is 5.52. The molecule has 3 heterocycles. The minimum atomic E-state index is -0.267. The fraction of sp³-hybridized carbons (Fsp3) is 0.750. The molecule has 0 saturated carbocycles. The smallest absolute Gasteiger partial charge is 0.399 e. The van der Waals surface area contributed by atoms with E-state index in [1.165, 1.54) is 5.69 Å². The Bertz CT molecular complexity index is 468. The molecule has 0 atom stereocenters. The Labute approximate surface area is 139 Å². The quantitative estimate of drug-likeness (QED) is 0.848. The molecular weight excluding hydrogens is 295 g/mol. The van der Waals surface area contributed by atoms with Gasteiger partial charge in [0.05, 0.1) is 11.2 Å². The third kappa shape index (κ3) is 3.50. The van der Waals surface area contributed by atoms with Crippen molar-refractivity contribution in [2.24, 2.45) is 0 Å². The van der Waals surface area contributed by atoms with E-state index in [0.717, 1.165) is 31.0 Å². The molecule has 2 fully saturated rings. The molecule has 1 aromatic rings. The zero-order chi connectivity index (χ0) is 16.4. The van der Waals surface area contributed by atoms with Gasteiger partial charge >= 0.3 is 7.12 Å². The molecule has 22 heavy (non-hydrogen) atoms. The van der Waals surface area contributed by atoms with Crippen molar-refractivity contribution in [2.75, 3.05) is 31.1 Å². The van der Waals surface area contributed by atoms with Gasteiger partial charge < -0.3 is 19.5 Å². The van der Waals surface area contributed by atoms with E-state index < -0.39 is 0 Å². The Morgan fingerprint density at radius 1 is 1.09 bits per heavy atom. The van der Waals surface area contributed by atoms with Crippen LogP contribution in [0.1, 0.15) is 41.5 Å². The highest BCUT2D eigenvalue weighted by molar-refractivity contribution is 7.21. The summed E-state index contributed by atoms with van der Waals surface area (Å²) in [6.07, 6.45) is 0. The maximum atomic E-state index is 6.11. The lowest BCUT2D eigenvalue weighted by molar-refractivity contribution is 0.00578. The Morgan fingerprint density at radius 2 is 1.64 bits per heavy atom. The SMILES string of the molecule is CC.CC1(C)OB(c2cc(N3CCNCC3)cs2)OC1(C)C. The average molecular weight is 324 g/mol. The molecule has 2 aliphatic heterocycles. The van der Waals surface area contributed by atoms with E-state index in [4.69, 9.17) is 9.31 Å². The van der Waals surface area contributed by atoms with Crippen LogP contribution in [0.15, 0.2) is 11.4 Å². The van der Waals surface area contributed by atoms with Gasteiger partial charge in [-0.3, -0.25) is 0 Å². The molecule has 0 spiro atoms. The van der Waals surface area contributed by atoms with Gasteiger partial charge in [-0.15, -0.1) is 0 Å². The highest BCUT2D eigenvalue weighted by Crippen LogP contribution is 2.37. The lowest BCUT2D eigenvalue weighted by Crippen LogP contribution is -2.43. The summed E-state index contributed by atoms with van der Waals surface area (Å²) in [6, 6.07) is 2.22.